The highest BCUT2D eigenvalue weighted by atomic mass is 28.3. The van der Waals surface area contributed by atoms with Crippen LogP contribution in [0.15, 0.2) is 24.4 Å². The van der Waals surface area contributed by atoms with Gasteiger partial charge in [-0.3, -0.25) is 0 Å². The topological polar surface area (TPSA) is 3.88 Å². The Morgan fingerprint density at radius 1 is 1.12 bits per heavy atom. The third-order valence-corrected chi connectivity index (χ3v) is 7.03. The van der Waals surface area contributed by atoms with Gasteiger partial charge in [-0.05, 0) is 47.1 Å². The molecule has 0 saturated carbocycles. The number of nitrogens with zero attached hydrogens (tertiary/aromatic N) is 1. The number of halogens is 1. The highest BCUT2D eigenvalue weighted by molar-refractivity contribution is 6.89. The Labute approximate surface area is 161 Å². The molecule has 0 unspecified atom stereocenters. The third kappa shape index (κ3) is 4.09. The lowest BCUT2D eigenvalue weighted by Gasteiger charge is -2.23. The van der Waals surface area contributed by atoms with E-state index in [1.807, 2.05) is 47.6 Å². The van der Waals surface area contributed by atoms with Gasteiger partial charge in [-0.2, -0.15) is 0 Å². The fourth-order valence-electron chi connectivity index (χ4n) is 3.45. The molecule has 142 valence electrons. The summed E-state index contributed by atoms with van der Waals surface area (Å²) in [7, 11) is 0.448. The molecular formula is C23H35FNSi+. The molecule has 1 aromatic carbocycles. The van der Waals surface area contributed by atoms with Crippen LogP contribution in [-0.4, -0.2) is 8.07 Å². The Morgan fingerprint density at radius 3 is 2.15 bits per heavy atom. The fourth-order valence-corrected chi connectivity index (χ4v) is 5.16. The zero-order chi connectivity index (χ0) is 20.9. The number of hydrogen-bond acceptors (Lipinski definition) is 0. The van der Waals surface area contributed by atoms with Gasteiger partial charge in [-0.25, -0.2) is 8.96 Å². The molecule has 1 nitrogen and oxygen atoms in total. The minimum atomic E-state index is -1.61. The number of benzene rings is 1. The van der Waals surface area contributed by atoms with Crippen molar-refractivity contribution in [2.75, 3.05) is 0 Å². The lowest BCUT2D eigenvalue weighted by molar-refractivity contribution is -0.659. The van der Waals surface area contributed by atoms with Crippen molar-refractivity contribution >= 4 is 13.3 Å². The Balaban J connectivity index is 2.85. The normalized spacial score (nSPS) is 13.7. The molecule has 0 amide bonds. The van der Waals surface area contributed by atoms with Gasteiger partial charge in [0.2, 0.25) is 5.69 Å². The van der Waals surface area contributed by atoms with Gasteiger partial charge in [-0.15, -0.1) is 0 Å². The largest absolute Gasteiger partial charge is 0.212 e. The van der Waals surface area contributed by atoms with Crippen LogP contribution in [0.4, 0.5) is 4.39 Å². The molecule has 0 radical (unpaired) electrons. The molecule has 0 spiro atoms. The molecule has 0 aliphatic carbocycles. The van der Waals surface area contributed by atoms with E-state index >= 15 is 0 Å². The summed E-state index contributed by atoms with van der Waals surface area (Å²) in [5.41, 5.74) is 4.54. The molecule has 2 rings (SSSR count). The standard InChI is InChI=1S/C23H35FNSi/c1-15(2)17-13-21(25(7)14-22(17)26(8,9)10)18-12-19(23(4,5)6)20(24)11-16(18)3/h11-15H,1-10H3/q+1/i15D. The van der Waals surface area contributed by atoms with Crippen LogP contribution < -0.4 is 9.75 Å². The molecule has 0 saturated heterocycles. The maximum absolute atomic E-state index is 14.6. The molecule has 0 N–H and O–H groups in total. The van der Waals surface area contributed by atoms with Crippen molar-refractivity contribution in [1.29, 1.82) is 0 Å². The van der Waals surface area contributed by atoms with E-state index in [2.05, 4.69) is 43.5 Å². The van der Waals surface area contributed by atoms with Crippen molar-refractivity contribution in [3.8, 4) is 11.3 Å². The van der Waals surface area contributed by atoms with Crippen molar-refractivity contribution in [2.45, 2.75) is 72.5 Å². The molecule has 1 aromatic heterocycles. The first-order valence-corrected chi connectivity index (χ1v) is 12.9. The zero-order valence-corrected chi connectivity index (χ0v) is 19.1. The number of aromatic nitrogens is 1. The third-order valence-electron chi connectivity index (χ3n) is 5.02. The second-order valence-corrected chi connectivity index (χ2v) is 14.8. The SMILES string of the molecule is [2H]C(C)(C)c1cc(-c2cc(C(C)(C)C)c(F)cc2C)[n+](C)cc1[Si](C)(C)C. The van der Waals surface area contributed by atoms with Gasteiger partial charge in [0.05, 0.1) is 8.07 Å². The van der Waals surface area contributed by atoms with Crippen molar-refractivity contribution in [1.82, 2.24) is 0 Å². The van der Waals surface area contributed by atoms with E-state index in [-0.39, 0.29) is 11.2 Å². The summed E-state index contributed by atoms with van der Waals surface area (Å²) in [5.74, 6) is -0.828. The predicted octanol–water partition coefficient (Wildman–Crippen LogP) is 5.59. The maximum Gasteiger partial charge on any atom is 0.212 e. The predicted molar refractivity (Wildman–Crippen MR) is 114 cm³/mol. The fraction of sp³-hybridized carbons (Fsp3) is 0.522. The maximum atomic E-state index is 14.6. The van der Waals surface area contributed by atoms with Gasteiger partial charge >= 0.3 is 0 Å². The first kappa shape index (κ1) is 19.3. The van der Waals surface area contributed by atoms with E-state index in [9.17, 15) is 4.39 Å². The Bertz CT molecular complexity index is 868. The molecule has 0 fully saturated rings. The van der Waals surface area contributed by atoms with Crippen LogP contribution in [-0.2, 0) is 12.5 Å². The van der Waals surface area contributed by atoms with E-state index in [1.54, 1.807) is 6.07 Å². The first-order chi connectivity index (χ1) is 12.0. The zero-order valence-electron chi connectivity index (χ0n) is 19.1. The van der Waals surface area contributed by atoms with Gasteiger partial charge in [0.1, 0.15) is 12.9 Å². The molecular weight excluding hydrogens is 337 g/mol. The van der Waals surface area contributed by atoms with Crippen LogP contribution >= 0.6 is 0 Å². The molecule has 0 bridgehead atoms. The minimum Gasteiger partial charge on any atom is -0.207 e. The first-order valence-electron chi connectivity index (χ1n) is 9.89. The summed E-state index contributed by atoms with van der Waals surface area (Å²) in [6.45, 7) is 18.9. The summed E-state index contributed by atoms with van der Waals surface area (Å²) in [6, 6.07) is 5.80. The summed E-state index contributed by atoms with van der Waals surface area (Å²) in [5, 5.41) is 1.31. The van der Waals surface area contributed by atoms with Gasteiger partial charge in [-0.1, -0.05) is 54.3 Å². The van der Waals surface area contributed by atoms with Gasteiger partial charge < -0.3 is 0 Å². The molecule has 1 heterocycles. The van der Waals surface area contributed by atoms with Crippen molar-refractivity contribution < 1.29 is 10.3 Å². The highest BCUT2D eigenvalue weighted by Gasteiger charge is 2.28. The Hall–Kier alpha value is -1.48. The summed E-state index contributed by atoms with van der Waals surface area (Å²) in [6.07, 6.45) is 2.20. The van der Waals surface area contributed by atoms with Crippen LogP contribution in [0.3, 0.4) is 0 Å². The Morgan fingerprint density at radius 2 is 1.69 bits per heavy atom. The Kier molecular flexibility index (Phi) is 5.13. The quantitative estimate of drug-likeness (QED) is 0.487. The lowest BCUT2D eigenvalue weighted by Crippen LogP contribution is -2.47. The van der Waals surface area contributed by atoms with Gasteiger partial charge in [0.15, 0.2) is 6.20 Å². The van der Waals surface area contributed by atoms with Crippen molar-refractivity contribution in [3.63, 3.8) is 0 Å². The highest BCUT2D eigenvalue weighted by Crippen LogP contribution is 2.32. The van der Waals surface area contributed by atoms with Crippen LogP contribution in [0.5, 0.6) is 0 Å². The van der Waals surface area contributed by atoms with E-state index in [0.29, 0.717) is 0 Å². The second kappa shape index (κ2) is 6.92. The summed E-state index contributed by atoms with van der Waals surface area (Å²) >= 11 is 0. The molecule has 26 heavy (non-hydrogen) atoms. The lowest BCUT2D eigenvalue weighted by atomic mass is 9.84. The molecule has 0 aliphatic heterocycles. The summed E-state index contributed by atoms with van der Waals surface area (Å²) < 4.78 is 25.5. The average Bonchev–Trinajstić information content (AvgIpc) is 2.44. The van der Waals surface area contributed by atoms with E-state index in [0.717, 1.165) is 27.9 Å². The molecule has 3 heteroatoms. The molecule has 0 atom stereocenters. The smallest absolute Gasteiger partial charge is 0.207 e. The molecule has 0 aliphatic rings. The van der Waals surface area contributed by atoms with Crippen LogP contribution in [0, 0.1) is 12.7 Å². The van der Waals surface area contributed by atoms with E-state index in [1.165, 1.54) is 5.19 Å². The van der Waals surface area contributed by atoms with E-state index < -0.39 is 14.0 Å². The average molecular weight is 374 g/mol. The van der Waals surface area contributed by atoms with Gasteiger partial charge in [0, 0.05) is 18.2 Å². The number of hydrogen-bond donors (Lipinski definition) is 0. The van der Waals surface area contributed by atoms with Crippen molar-refractivity contribution in [2.24, 2.45) is 7.05 Å². The molecule has 2 aromatic rings. The van der Waals surface area contributed by atoms with Gasteiger partial charge in [0.25, 0.3) is 0 Å². The number of aryl methyl sites for hydroxylation is 2. The second-order valence-electron chi connectivity index (χ2n) is 9.74. The number of rotatable bonds is 3. The summed E-state index contributed by atoms with van der Waals surface area (Å²) in [4.78, 5) is 0. The van der Waals surface area contributed by atoms with E-state index in [4.69, 9.17) is 1.37 Å². The van der Waals surface area contributed by atoms with Crippen LogP contribution in [0.2, 0.25) is 19.6 Å². The van der Waals surface area contributed by atoms with Crippen LogP contribution in [0.1, 0.15) is 58.6 Å². The van der Waals surface area contributed by atoms with Crippen LogP contribution in [0.25, 0.3) is 11.3 Å². The minimum absolute atomic E-state index is 0.147. The monoisotopic (exact) mass is 373 g/mol. The van der Waals surface area contributed by atoms with Crippen molar-refractivity contribution in [3.05, 3.63) is 46.9 Å². The number of pyridine rings is 1.